The predicted molar refractivity (Wildman–Crippen MR) is 191 cm³/mol. The standard InChI is InChI=1S/C40H36O4P2/c41-45(35-19-5-1-6-20-35,36-21-7-2-8-22-36)31-33-17-13-15-27-39(33)43-29-30-44-40-28-16-14-18-34(40)32-46(42,37-23-9-3-10-24-37)38-25-11-4-12-26-38/h1-28H,29-32H2. The van der Waals surface area contributed by atoms with Crippen molar-refractivity contribution in [2.45, 2.75) is 12.3 Å². The van der Waals surface area contributed by atoms with Gasteiger partial charge in [-0.05, 0) is 12.1 Å². The molecule has 0 bridgehead atoms. The van der Waals surface area contributed by atoms with Crippen molar-refractivity contribution in [1.29, 1.82) is 0 Å². The number of hydrogen-bond acceptors (Lipinski definition) is 4. The van der Waals surface area contributed by atoms with Crippen molar-refractivity contribution in [1.82, 2.24) is 0 Å². The number of para-hydroxylation sites is 2. The summed E-state index contributed by atoms with van der Waals surface area (Å²) >= 11 is 0. The van der Waals surface area contributed by atoms with Crippen LogP contribution in [0.2, 0.25) is 0 Å². The highest BCUT2D eigenvalue weighted by atomic mass is 31.2. The average molecular weight is 643 g/mol. The van der Waals surface area contributed by atoms with Gasteiger partial charge in [0.1, 0.15) is 39.0 Å². The van der Waals surface area contributed by atoms with Gasteiger partial charge in [-0.15, -0.1) is 0 Å². The maximum atomic E-state index is 14.7. The van der Waals surface area contributed by atoms with E-state index in [0.717, 1.165) is 32.3 Å². The molecule has 0 heterocycles. The Kier molecular flexibility index (Phi) is 9.99. The molecule has 0 unspecified atom stereocenters. The summed E-state index contributed by atoms with van der Waals surface area (Å²) in [6.07, 6.45) is 0.685. The maximum absolute atomic E-state index is 14.7. The maximum Gasteiger partial charge on any atom is 0.147 e. The Labute approximate surface area is 271 Å². The van der Waals surface area contributed by atoms with Gasteiger partial charge >= 0.3 is 0 Å². The molecule has 0 saturated heterocycles. The molecule has 4 nitrogen and oxygen atoms in total. The van der Waals surface area contributed by atoms with Gasteiger partial charge in [0.25, 0.3) is 0 Å². The molecule has 0 radical (unpaired) electrons. The molecule has 0 fully saturated rings. The van der Waals surface area contributed by atoms with Crippen molar-refractivity contribution < 1.29 is 18.6 Å². The highest BCUT2D eigenvalue weighted by Crippen LogP contribution is 2.49. The van der Waals surface area contributed by atoms with E-state index in [4.69, 9.17) is 9.47 Å². The van der Waals surface area contributed by atoms with E-state index >= 15 is 0 Å². The van der Waals surface area contributed by atoms with Gasteiger partial charge in [-0.2, -0.15) is 0 Å². The van der Waals surface area contributed by atoms with E-state index in [1.165, 1.54) is 0 Å². The fraction of sp³-hybridized carbons (Fsp3) is 0.100. The molecule has 0 aromatic heterocycles. The van der Waals surface area contributed by atoms with E-state index in [-0.39, 0.29) is 0 Å². The van der Waals surface area contributed by atoms with Crippen LogP contribution in [0.5, 0.6) is 11.5 Å². The molecule has 0 spiro atoms. The van der Waals surface area contributed by atoms with Crippen LogP contribution in [0, 0.1) is 0 Å². The Morgan fingerprint density at radius 2 is 0.609 bits per heavy atom. The number of ether oxygens (including phenoxy) is 2. The summed E-state index contributed by atoms with van der Waals surface area (Å²) < 4.78 is 41.9. The first kappa shape index (κ1) is 31.4. The van der Waals surface area contributed by atoms with E-state index < -0.39 is 14.3 Å². The van der Waals surface area contributed by atoms with Gasteiger partial charge in [-0.1, -0.05) is 158 Å². The highest BCUT2D eigenvalue weighted by molar-refractivity contribution is 7.78. The average Bonchev–Trinajstić information content (AvgIpc) is 3.13. The Balaban J connectivity index is 1.18. The summed E-state index contributed by atoms with van der Waals surface area (Å²) in [6.45, 7) is 0.586. The second-order valence-corrected chi connectivity index (χ2v) is 16.7. The third kappa shape index (κ3) is 7.10. The molecule has 6 aromatic carbocycles. The molecule has 6 heteroatoms. The van der Waals surface area contributed by atoms with Gasteiger partial charge in [-0.25, -0.2) is 0 Å². The Morgan fingerprint density at radius 1 is 0.348 bits per heavy atom. The molecule has 0 aliphatic carbocycles. The van der Waals surface area contributed by atoms with Crippen molar-refractivity contribution >= 4 is 35.5 Å². The van der Waals surface area contributed by atoms with Gasteiger partial charge in [0, 0.05) is 44.7 Å². The Hall–Kier alpha value is -4.62. The van der Waals surface area contributed by atoms with Crippen molar-refractivity contribution in [3.8, 4) is 11.5 Å². The van der Waals surface area contributed by atoms with Crippen LogP contribution in [-0.4, -0.2) is 13.2 Å². The zero-order valence-corrected chi connectivity index (χ0v) is 27.3. The molecule has 0 aliphatic heterocycles. The fourth-order valence-electron chi connectivity index (χ4n) is 5.67. The smallest absolute Gasteiger partial charge is 0.147 e. The van der Waals surface area contributed by atoms with Gasteiger partial charge < -0.3 is 18.6 Å². The monoisotopic (exact) mass is 642 g/mol. The Morgan fingerprint density at radius 3 is 0.913 bits per heavy atom. The minimum absolute atomic E-state index is 0.293. The summed E-state index contributed by atoms with van der Waals surface area (Å²) in [5, 5.41) is 3.27. The summed E-state index contributed by atoms with van der Waals surface area (Å²) in [5.41, 5.74) is 1.76. The van der Waals surface area contributed by atoms with Crippen molar-refractivity contribution in [3.63, 3.8) is 0 Å². The first-order valence-electron chi connectivity index (χ1n) is 15.4. The molecule has 0 amide bonds. The molecule has 6 rings (SSSR count). The molecule has 0 saturated carbocycles. The quantitative estimate of drug-likeness (QED) is 0.0943. The number of hydrogen-bond donors (Lipinski definition) is 0. The first-order chi connectivity index (χ1) is 22.6. The van der Waals surface area contributed by atoms with E-state index in [1.54, 1.807) is 0 Å². The second-order valence-electron chi connectivity index (χ2n) is 11.1. The topological polar surface area (TPSA) is 52.6 Å². The second kappa shape index (κ2) is 14.6. The Bertz CT molecular complexity index is 1710. The molecule has 0 N–H and O–H groups in total. The first-order valence-corrected chi connectivity index (χ1v) is 19.2. The van der Waals surface area contributed by atoms with Crippen molar-refractivity contribution in [3.05, 3.63) is 181 Å². The molecular formula is C40H36O4P2. The lowest BCUT2D eigenvalue weighted by Crippen LogP contribution is -2.18. The summed E-state index contributed by atoms with van der Waals surface area (Å²) in [6, 6.07) is 54.3. The largest absolute Gasteiger partial charge is 0.490 e. The molecule has 230 valence electrons. The van der Waals surface area contributed by atoms with E-state index in [1.807, 2.05) is 170 Å². The minimum atomic E-state index is -2.98. The summed E-state index contributed by atoms with van der Waals surface area (Å²) in [4.78, 5) is 0. The van der Waals surface area contributed by atoms with Crippen LogP contribution in [0.3, 0.4) is 0 Å². The van der Waals surface area contributed by atoms with Crippen LogP contribution < -0.4 is 30.7 Å². The highest BCUT2D eigenvalue weighted by Gasteiger charge is 2.30. The molecule has 0 atom stereocenters. The minimum Gasteiger partial charge on any atom is -0.490 e. The molecule has 6 aromatic rings. The van der Waals surface area contributed by atoms with E-state index in [2.05, 4.69) is 0 Å². The van der Waals surface area contributed by atoms with Crippen LogP contribution in [-0.2, 0) is 21.5 Å². The van der Waals surface area contributed by atoms with Crippen LogP contribution in [0.15, 0.2) is 170 Å². The van der Waals surface area contributed by atoms with Gasteiger partial charge in [0.2, 0.25) is 0 Å². The lowest BCUT2D eigenvalue weighted by atomic mass is 10.2. The van der Waals surface area contributed by atoms with E-state index in [0.29, 0.717) is 37.0 Å². The summed E-state index contributed by atoms with van der Waals surface area (Å²) in [5.74, 6) is 1.37. The van der Waals surface area contributed by atoms with E-state index in [9.17, 15) is 9.13 Å². The third-order valence-corrected chi connectivity index (χ3v) is 14.1. The van der Waals surface area contributed by atoms with Crippen LogP contribution in [0.1, 0.15) is 11.1 Å². The lowest BCUT2D eigenvalue weighted by Gasteiger charge is -2.22. The molecule has 0 aliphatic rings. The normalized spacial score (nSPS) is 11.6. The number of benzene rings is 6. The van der Waals surface area contributed by atoms with Gasteiger partial charge in [0.15, 0.2) is 0 Å². The number of rotatable bonds is 13. The van der Waals surface area contributed by atoms with Crippen LogP contribution in [0.25, 0.3) is 0 Å². The zero-order chi connectivity index (χ0) is 31.7. The summed E-state index contributed by atoms with van der Waals surface area (Å²) in [7, 11) is -5.95. The van der Waals surface area contributed by atoms with Crippen LogP contribution in [0.4, 0.5) is 0 Å². The van der Waals surface area contributed by atoms with Crippen molar-refractivity contribution in [2.75, 3.05) is 13.2 Å². The van der Waals surface area contributed by atoms with Crippen LogP contribution >= 0.6 is 14.3 Å². The predicted octanol–water partition coefficient (Wildman–Crippen LogP) is 8.17. The lowest BCUT2D eigenvalue weighted by molar-refractivity contribution is 0.215. The van der Waals surface area contributed by atoms with Gasteiger partial charge in [-0.3, -0.25) is 0 Å². The fourth-order valence-corrected chi connectivity index (χ4v) is 11.1. The molecular weight excluding hydrogens is 606 g/mol. The zero-order valence-electron chi connectivity index (χ0n) is 25.5. The SMILES string of the molecule is O=P(Cc1ccccc1OCCOc1ccccc1CP(=O)(c1ccccc1)c1ccccc1)(c1ccccc1)c1ccccc1. The van der Waals surface area contributed by atoms with Gasteiger partial charge in [0.05, 0.1) is 0 Å². The third-order valence-electron chi connectivity index (χ3n) is 8.02. The van der Waals surface area contributed by atoms with Crippen molar-refractivity contribution in [2.24, 2.45) is 0 Å². The molecule has 46 heavy (non-hydrogen) atoms.